The second kappa shape index (κ2) is 8.11. The van der Waals surface area contributed by atoms with Crippen LogP contribution in [0.25, 0.3) is 11.1 Å². The summed E-state index contributed by atoms with van der Waals surface area (Å²) in [6.07, 6.45) is 0.526. The molecule has 2 aromatic carbocycles. The third-order valence-electron chi connectivity index (χ3n) is 3.93. The summed E-state index contributed by atoms with van der Waals surface area (Å²) < 4.78 is 0. The summed E-state index contributed by atoms with van der Waals surface area (Å²) >= 11 is 6.18. The van der Waals surface area contributed by atoms with Crippen molar-refractivity contribution in [3.8, 4) is 11.1 Å². The molecule has 0 aromatic heterocycles. The lowest BCUT2D eigenvalue weighted by Gasteiger charge is -2.14. The zero-order valence-corrected chi connectivity index (χ0v) is 14.6. The lowest BCUT2D eigenvalue weighted by Crippen LogP contribution is -2.20. The van der Waals surface area contributed by atoms with Crippen LogP contribution in [0.3, 0.4) is 0 Å². The molecule has 1 N–H and O–H groups in total. The van der Waals surface area contributed by atoms with Gasteiger partial charge in [0.15, 0.2) is 5.78 Å². The monoisotopic (exact) mass is 344 g/mol. The highest BCUT2D eigenvalue weighted by molar-refractivity contribution is 6.33. The Bertz CT molecular complexity index is 720. The lowest BCUT2D eigenvalue weighted by molar-refractivity contribution is -0.142. The molecule has 2 aromatic rings. The summed E-state index contributed by atoms with van der Waals surface area (Å²) in [5.74, 6) is -1.46. The molecule has 0 fully saturated rings. The van der Waals surface area contributed by atoms with Crippen LogP contribution in [0.2, 0.25) is 5.02 Å². The number of carbonyl (C=O) groups excluding carboxylic acids is 1. The van der Waals surface area contributed by atoms with Crippen LogP contribution in [0.15, 0.2) is 48.5 Å². The van der Waals surface area contributed by atoms with Crippen molar-refractivity contribution in [1.82, 2.24) is 0 Å². The van der Waals surface area contributed by atoms with Crippen molar-refractivity contribution < 1.29 is 14.7 Å². The van der Waals surface area contributed by atoms with Gasteiger partial charge in [-0.3, -0.25) is 9.59 Å². The maximum Gasteiger partial charge on any atom is 0.306 e. The number of halogens is 1. The normalized spacial score (nSPS) is 12.2. The maximum atomic E-state index is 12.4. The Morgan fingerprint density at radius 2 is 1.67 bits per heavy atom. The molecule has 3 nitrogen and oxygen atoms in total. The summed E-state index contributed by atoms with van der Waals surface area (Å²) in [6.45, 7) is 3.91. The summed E-state index contributed by atoms with van der Waals surface area (Å²) in [5, 5.41) is 9.93. The number of carboxylic acid groups (broad SMARTS) is 1. The molecule has 1 atom stereocenters. The second-order valence-electron chi connectivity index (χ2n) is 6.35. The number of ketones is 1. The second-order valence-corrected chi connectivity index (χ2v) is 6.76. The minimum absolute atomic E-state index is 0.0267. The van der Waals surface area contributed by atoms with E-state index in [9.17, 15) is 14.7 Å². The van der Waals surface area contributed by atoms with Gasteiger partial charge in [-0.2, -0.15) is 0 Å². The van der Waals surface area contributed by atoms with Gasteiger partial charge in [-0.05, 0) is 24.0 Å². The fourth-order valence-corrected chi connectivity index (χ4v) is 2.96. The number of rotatable bonds is 7. The van der Waals surface area contributed by atoms with E-state index < -0.39 is 11.9 Å². The first-order valence-electron chi connectivity index (χ1n) is 7.99. The molecule has 0 heterocycles. The number of carbonyl (C=O) groups is 2. The minimum atomic E-state index is -0.912. The van der Waals surface area contributed by atoms with E-state index in [1.165, 1.54) is 0 Å². The maximum absolute atomic E-state index is 12.4. The number of Topliss-reactive ketones (excluding diaryl/α,β-unsaturated/α-hetero) is 1. The minimum Gasteiger partial charge on any atom is -0.481 e. The fourth-order valence-electron chi connectivity index (χ4n) is 2.71. The van der Waals surface area contributed by atoms with Gasteiger partial charge in [0.2, 0.25) is 0 Å². The molecule has 1 unspecified atom stereocenters. The van der Waals surface area contributed by atoms with Crippen LogP contribution in [-0.2, 0) is 4.79 Å². The van der Waals surface area contributed by atoms with Crippen LogP contribution in [-0.4, -0.2) is 16.9 Å². The van der Waals surface area contributed by atoms with Gasteiger partial charge in [-0.15, -0.1) is 0 Å². The molecule has 0 amide bonds. The van der Waals surface area contributed by atoms with Crippen LogP contribution in [0.5, 0.6) is 0 Å². The molecule has 4 heteroatoms. The molecule has 0 saturated carbocycles. The number of benzene rings is 2. The molecule has 126 valence electrons. The smallest absolute Gasteiger partial charge is 0.306 e. The lowest BCUT2D eigenvalue weighted by atomic mass is 9.90. The molecule has 0 aliphatic carbocycles. The van der Waals surface area contributed by atoms with Crippen molar-refractivity contribution in [2.45, 2.75) is 26.7 Å². The third kappa shape index (κ3) is 4.68. The Kier molecular flexibility index (Phi) is 6.16. The molecule has 0 aliphatic rings. The number of aliphatic carboxylic acids is 1. The SMILES string of the molecule is CC(C)CC(CC(=O)c1ccc(-c2ccccc2Cl)cc1)C(=O)O. The first-order valence-corrected chi connectivity index (χ1v) is 8.37. The highest BCUT2D eigenvalue weighted by Gasteiger charge is 2.23. The van der Waals surface area contributed by atoms with Gasteiger partial charge in [-0.25, -0.2) is 0 Å². The van der Waals surface area contributed by atoms with Gasteiger partial charge < -0.3 is 5.11 Å². The van der Waals surface area contributed by atoms with Crippen molar-refractivity contribution in [3.63, 3.8) is 0 Å². The van der Waals surface area contributed by atoms with E-state index >= 15 is 0 Å². The van der Waals surface area contributed by atoms with Crippen molar-refractivity contribution in [2.75, 3.05) is 0 Å². The predicted octanol–water partition coefficient (Wildman–Crippen LogP) is 5.33. The van der Waals surface area contributed by atoms with E-state index in [4.69, 9.17) is 11.6 Å². The van der Waals surface area contributed by atoms with Gasteiger partial charge in [0.25, 0.3) is 0 Å². The van der Waals surface area contributed by atoms with Crippen LogP contribution in [0.4, 0.5) is 0 Å². The van der Waals surface area contributed by atoms with Crippen molar-refractivity contribution in [1.29, 1.82) is 0 Å². The Labute approximate surface area is 147 Å². The average Bonchev–Trinajstić information content (AvgIpc) is 2.54. The van der Waals surface area contributed by atoms with Crippen molar-refractivity contribution in [3.05, 3.63) is 59.1 Å². The largest absolute Gasteiger partial charge is 0.481 e. The average molecular weight is 345 g/mol. The van der Waals surface area contributed by atoms with E-state index in [-0.39, 0.29) is 18.1 Å². The van der Waals surface area contributed by atoms with Crippen LogP contribution in [0, 0.1) is 11.8 Å². The van der Waals surface area contributed by atoms with Crippen LogP contribution >= 0.6 is 11.6 Å². The highest BCUT2D eigenvalue weighted by Crippen LogP contribution is 2.28. The van der Waals surface area contributed by atoms with Gasteiger partial charge in [0.05, 0.1) is 5.92 Å². The first kappa shape index (κ1) is 18.2. The van der Waals surface area contributed by atoms with Gasteiger partial charge in [0.1, 0.15) is 0 Å². The van der Waals surface area contributed by atoms with Crippen LogP contribution in [0.1, 0.15) is 37.0 Å². The molecular weight excluding hydrogens is 324 g/mol. The molecule has 0 bridgehead atoms. The zero-order chi connectivity index (χ0) is 17.7. The van der Waals surface area contributed by atoms with E-state index in [1.54, 1.807) is 12.1 Å². The zero-order valence-electron chi connectivity index (χ0n) is 13.8. The first-order chi connectivity index (χ1) is 11.4. The Hall–Kier alpha value is -2.13. The highest BCUT2D eigenvalue weighted by atomic mass is 35.5. The van der Waals surface area contributed by atoms with Crippen LogP contribution < -0.4 is 0 Å². The van der Waals surface area contributed by atoms with Crippen molar-refractivity contribution >= 4 is 23.4 Å². The number of hydrogen-bond acceptors (Lipinski definition) is 2. The molecule has 24 heavy (non-hydrogen) atoms. The fraction of sp³-hybridized carbons (Fsp3) is 0.300. The molecule has 0 saturated heterocycles. The van der Waals surface area contributed by atoms with E-state index in [1.807, 2.05) is 50.2 Å². The predicted molar refractivity (Wildman–Crippen MR) is 96.4 cm³/mol. The molecule has 2 rings (SSSR count). The van der Waals surface area contributed by atoms with E-state index in [2.05, 4.69) is 0 Å². The molecule has 0 spiro atoms. The standard InChI is InChI=1S/C20H21ClO3/c1-13(2)11-16(20(23)24)12-19(22)15-9-7-14(8-10-15)17-5-3-4-6-18(17)21/h3-10,13,16H,11-12H2,1-2H3,(H,23,24). The number of carboxylic acids is 1. The molecule has 0 radical (unpaired) electrons. The Balaban J connectivity index is 2.14. The van der Waals surface area contributed by atoms with E-state index in [0.29, 0.717) is 17.0 Å². The topological polar surface area (TPSA) is 54.4 Å². The van der Waals surface area contributed by atoms with Gasteiger partial charge >= 0.3 is 5.97 Å². The van der Waals surface area contributed by atoms with E-state index in [0.717, 1.165) is 11.1 Å². The van der Waals surface area contributed by atoms with Crippen molar-refractivity contribution in [2.24, 2.45) is 11.8 Å². The Morgan fingerprint density at radius 1 is 1.04 bits per heavy atom. The summed E-state index contributed by atoms with van der Waals surface area (Å²) in [4.78, 5) is 23.7. The third-order valence-corrected chi connectivity index (χ3v) is 4.26. The van der Waals surface area contributed by atoms with Gasteiger partial charge in [-0.1, -0.05) is 67.9 Å². The number of hydrogen-bond donors (Lipinski definition) is 1. The Morgan fingerprint density at radius 3 is 2.21 bits per heavy atom. The summed E-state index contributed by atoms with van der Waals surface area (Å²) in [5.41, 5.74) is 2.36. The molecular formula is C20H21ClO3. The quantitative estimate of drug-likeness (QED) is 0.691. The van der Waals surface area contributed by atoms with Gasteiger partial charge in [0, 0.05) is 22.6 Å². The molecule has 0 aliphatic heterocycles. The summed E-state index contributed by atoms with van der Waals surface area (Å²) in [6, 6.07) is 14.7. The summed E-state index contributed by atoms with van der Waals surface area (Å²) in [7, 11) is 0.